The molecule has 0 spiro atoms. The van der Waals surface area contributed by atoms with Gasteiger partial charge in [-0.3, -0.25) is 0 Å². The van der Waals surface area contributed by atoms with Gasteiger partial charge in [-0.25, -0.2) is 13.4 Å². The first kappa shape index (κ1) is 22.4. The third-order valence-corrected chi connectivity index (χ3v) is 7.00. The summed E-state index contributed by atoms with van der Waals surface area (Å²) in [6.45, 7) is 4.68. The summed E-state index contributed by atoms with van der Waals surface area (Å²) < 4.78 is 26.7. The van der Waals surface area contributed by atoms with Gasteiger partial charge in [-0.1, -0.05) is 25.0 Å². The highest BCUT2D eigenvalue weighted by Crippen LogP contribution is 2.21. The molecule has 0 aromatic heterocycles. The Hall–Kier alpha value is -0.870. The van der Waals surface area contributed by atoms with Crippen LogP contribution >= 0.6 is 24.0 Å². The number of nitrogens with one attached hydrogen (secondary N) is 2. The van der Waals surface area contributed by atoms with Crippen LogP contribution in [-0.2, 0) is 16.6 Å². The molecule has 27 heavy (non-hydrogen) atoms. The lowest BCUT2D eigenvalue weighted by molar-refractivity contribution is 0.477. The van der Waals surface area contributed by atoms with Crippen molar-refractivity contribution in [2.24, 2.45) is 4.99 Å². The van der Waals surface area contributed by atoms with Crippen molar-refractivity contribution in [2.75, 3.05) is 19.6 Å². The average molecular weight is 506 g/mol. The van der Waals surface area contributed by atoms with Gasteiger partial charge in [0.15, 0.2) is 5.96 Å². The van der Waals surface area contributed by atoms with Crippen LogP contribution in [0.1, 0.15) is 51.0 Å². The predicted octanol–water partition coefficient (Wildman–Crippen LogP) is 3.09. The summed E-state index contributed by atoms with van der Waals surface area (Å²) >= 11 is 0. The van der Waals surface area contributed by atoms with Crippen molar-refractivity contribution in [3.05, 3.63) is 29.8 Å². The number of sulfonamides is 1. The standard InChI is InChI=1S/C19H30N4O2S.HI/c1-2-20-19(22-17-7-3-4-8-17)21-15-16-9-11-18(12-10-16)26(24,25)23-13-5-6-14-23;/h9-12,17H,2-8,13-15H2,1H3,(H2,20,21,22);1H. The number of halogens is 1. The molecule has 0 bridgehead atoms. The summed E-state index contributed by atoms with van der Waals surface area (Å²) in [6, 6.07) is 7.66. The van der Waals surface area contributed by atoms with Gasteiger partial charge in [-0.15, -0.1) is 24.0 Å². The molecule has 1 aliphatic carbocycles. The maximum atomic E-state index is 12.6. The van der Waals surface area contributed by atoms with E-state index in [0.717, 1.165) is 30.9 Å². The molecule has 152 valence electrons. The fraction of sp³-hybridized carbons (Fsp3) is 0.632. The molecule has 2 aliphatic rings. The predicted molar refractivity (Wildman–Crippen MR) is 120 cm³/mol. The Labute approximate surface area is 180 Å². The van der Waals surface area contributed by atoms with E-state index < -0.39 is 10.0 Å². The number of guanidine groups is 1. The van der Waals surface area contributed by atoms with Crippen molar-refractivity contribution in [3.8, 4) is 0 Å². The number of hydrogen-bond donors (Lipinski definition) is 2. The fourth-order valence-corrected chi connectivity index (χ4v) is 5.12. The molecule has 1 aromatic carbocycles. The first-order valence-corrected chi connectivity index (χ1v) is 11.2. The summed E-state index contributed by atoms with van der Waals surface area (Å²) in [7, 11) is -3.34. The maximum absolute atomic E-state index is 12.6. The van der Waals surface area contributed by atoms with Gasteiger partial charge >= 0.3 is 0 Å². The largest absolute Gasteiger partial charge is 0.357 e. The topological polar surface area (TPSA) is 73.8 Å². The van der Waals surface area contributed by atoms with Crippen LogP contribution in [0.2, 0.25) is 0 Å². The summed E-state index contributed by atoms with van der Waals surface area (Å²) in [4.78, 5) is 5.03. The molecule has 1 saturated carbocycles. The number of hydrogen-bond acceptors (Lipinski definition) is 3. The van der Waals surface area contributed by atoms with Crippen LogP contribution in [0.4, 0.5) is 0 Å². The zero-order valence-electron chi connectivity index (χ0n) is 16.0. The van der Waals surface area contributed by atoms with Crippen LogP contribution < -0.4 is 10.6 Å². The Balaban J connectivity index is 0.00000261. The van der Waals surface area contributed by atoms with Crippen LogP contribution in [0.3, 0.4) is 0 Å². The molecule has 1 saturated heterocycles. The molecule has 1 aromatic rings. The van der Waals surface area contributed by atoms with E-state index in [4.69, 9.17) is 0 Å². The van der Waals surface area contributed by atoms with E-state index in [1.54, 1.807) is 16.4 Å². The minimum absolute atomic E-state index is 0. The van der Waals surface area contributed by atoms with Gasteiger partial charge in [0.2, 0.25) is 10.0 Å². The molecule has 0 unspecified atom stereocenters. The summed E-state index contributed by atoms with van der Waals surface area (Å²) in [5.41, 5.74) is 1.01. The Morgan fingerprint density at radius 1 is 1.11 bits per heavy atom. The third kappa shape index (κ3) is 6.05. The molecule has 0 amide bonds. The van der Waals surface area contributed by atoms with Gasteiger partial charge in [0.1, 0.15) is 0 Å². The Bertz CT molecular complexity index is 710. The van der Waals surface area contributed by atoms with E-state index in [9.17, 15) is 8.42 Å². The van der Waals surface area contributed by atoms with Crippen molar-refractivity contribution >= 4 is 40.0 Å². The second kappa shape index (κ2) is 10.6. The molecule has 8 heteroatoms. The van der Waals surface area contributed by atoms with Crippen LogP contribution in [0.5, 0.6) is 0 Å². The summed E-state index contributed by atoms with van der Waals surface area (Å²) in [5, 5.41) is 6.78. The molecule has 0 atom stereocenters. The van der Waals surface area contributed by atoms with Gasteiger partial charge < -0.3 is 10.6 Å². The molecule has 0 radical (unpaired) electrons. The normalized spacial score (nSPS) is 19.1. The summed E-state index contributed by atoms with van der Waals surface area (Å²) in [6.07, 6.45) is 6.87. The zero-order chi connectivity index (χ0) is 18.4. The van der Waals surface area contributed by atoms with E-state index in [2.05, 4.69) is 22.5 Å². The molecular formula is C19H31IN4O2S. The number of rotatable bonds is 6. The van der Waals surface area contributed by atoms with E-state index >= 15 is 0 Å². The third-order valence-electron chi connectivity index (χ3n) is 5.09. The van der Waals surface area contributed by atoms with Crippen molar-refractivity contribution in [1.82, 2.24) is 14.9 Å². The highest BCUT2D eigenvalue weighted by molar-refractivity contribution is 14.0. The molecule has 3 rings (SSSR count). The molecule has 6 nitrogen and oxygen atoms in total. The van der Waals surface area contributed by atoms with Crippen molar-refractivity contribution < 1.29 is 8.42 Å². The molecule has 2 fully saturated rings. The van der Waals surface area contributed by atoms with Gasteiger partial charge in [-0.2, -0.15) is 4.31 Å². The molecular weight excluding hydrogens is 475 g/mol. The Morgan fingerprint density at radius 3 is 2.33 bits per heavy atom. The molecule has 1 aliphatic heterocycles. The quantitative estimate of drug-likeness (QED) is 0.354. The van der Waals surface area contributed by atoms with Crippen molar-refractivity contribution in [2.45, 2.75) is 62.9 Å². The van der Waals surface area contributed by atoms with E-state index in [0.29, 0.717) is 30.6 Å². The molecule has 1 heterocycles. The highest BCUT2D eigenvalue weighted by Gasteiger charge is 2.26. The van der Waals surface area contributed by atoms with E-state index in [-0.39, 0.29) is 24.0 Å². The molecule has 2 N–H and O–H groups in total. The number of aliphatic imine (C=N–C) groups is 1. The van der Waals surface area contributed by atoms with Gasteiger partial charge in [0.25, 0.3) is 0 Å². The smallest absolute Gasteiger partial charge is 0.243 e. The lowest BCUT2D eigenvalue weighted by atomic mass is 10.2. The summed E-state index contributed by atoms with van der Waals surface area (Å²) in [5.74, 6) is 0.841. The lowest BCUT2D eigenvalue weighted by Crippen LogP contribution is -2.42. The minimum atomic E-state index is -3.34. The second-order valence-electron chi connectivity index (χ2n) is 7.08. The number of nitrogens with zero attached hydrogens (tertiary/aromatic N) is 2. The maximum Gasteiger partial charge on any atom is 0.243 e. The van der Waals surface area contributed by atoms with E-state index in [1.165, 1.54) is 25.7 Å². The van der Waals surface area contributed by atoms with E-state index in [1.807, 2.05) is 12.1 Å². The Kier molecular flexibility index (Phi) is 8.81. The average Bonchev–Trinajstić information content (AvgIpc) is 3.34. The highest BCUT2D eigenvalue weighted by atomic mass is 127. The second-order valence-corrected chi connectivity index (χ2v) is 9.01. The number of benzene rings is 1. The van der Waals surface area contributed by atoms with Crippen LogP contribution in [0, 0.1) is 0 Å². The first-order chi connectivity index (χ1) is 12.6. The van der Waals surface area contributed by atoms with Crippen LogP contribution in [0.25, 0.3) is 0 Å². The monoisotopic (exact) mass is 506 g/mol. The van der Waals surface area contributed by atoms with Crippen molar-refractivity contribution in [3.63, 3.8) is 0 Å². The van der Waals surface area contributed by atoms with Gasteiger partial charge in [0.05, 0.1) is 11.4 Å². The van der Waals surface area contributed by atoms with Gasteiger partial charge in [0, 0.05) is 25.7 Å². The van der Waals surface area contributed by atoms with Crippen molar-refractivity contribution in [1.29, 1.82) is 0 Å². The van der Waals surface area contributed by atoms with Gasteiger partial charge in [-0.05, 0) is 50.3 Å². The SMILES string of the molecule is CCNC(=NCc1ccc(S(=O)(=O)N2CCCC2)cc1)NC1CCCC1.I. The Morgan fingerprint density at radius 2 is 1.74 bits per heavy atom. The van der Waals surface area contributed by atoms with Crippen LogP contribution in [0.15, 0.2) is 34.2 Å². The lowest BCUT2D eigenvalue weighted by Gasteiger charge is -2.17. The first-order valence-electron chi connectivity index (χ1n) is 9.73. The fourth-order valence-electron chi connectivity index (χ4n) is 3.60. The minimum Gasteiger partial charge on any atom is -0.357 e. The van der Waals surface area contributed by atoms with Crippen LogP contribution in [-0.4, -0.2) is 44.4 Å². The zero-order valence-corrected chi connectivity index (χ0v) is 19.1.